The van der Waals surface area contributed by atoms with Gasteiger partial charge >= 0.3 is 0 Å². The van der Waals surface area contributed by atoms with Gasteiger partial charge in [0.15, 0.2) is 0 Å². The minimum absolute atomic E-state index is 0.924. The summed E-state index contributed by atoms with van der Waals surface area (Å²) in [5, 5.41) is 2.32. The quantitative estimate of drug-likeness (QED) is 0.418. The first-order chi connectivity index (χ1) is 9.84. The van der Waals surface area contributed by atoms with Crippen molar-refractivity contribution in [3.05, 3.63) is 71.2 Å². The third kappa shape index (κ3) is 1.69. The van der Waals surface area contributed by atoms with E-state index in [1.807, 2.05) is 36.4 Å². The van der Waals surface area contributed by atoms with Crippen LogP contribution in [0.1, 0.15) is 0 Å². The fourth-order valence-corrected chi connectivity index (χ4v) is 3.24. The molecule has 0 N–H and O–H groups in total. The van der Waals surface area contributed by atoms with Crippen LogP contribution in [0.3, 0.4) is 0 Å². The highest BCUT2D eigenvalue weighted by molar-refractivity contribution is 9.10. The summed E-state index contributed by atoms with van der Waals surface area (Å²) in [7, 11) is 0. The van der Waals surface area contributed by atoms with E-state index in [1.165, 1.54) is 16.5 Å². The fourth-order valence-electron chi connectivity index (χ4n) is 2.68. The Kier molecular flexibility index (Phi) is 2.64. The Balaban J connectivity index is 2.21. The zero-order valence-corrected chi connectivity index (χ0v) is 12.2. The van der Waals surface area contributed by atoms with E-state index in [0.29, 0.717) is 0 Å². The molecule has 0 unspecified atom stereocenters. The van der Waals surface area contributed by atoms with Gasteiger partial charge in [-0.25, -0.2) is 0 Å². The van der Waals surface area contributed by atoms with Crippen LogP contribution < -0.4 is 0 Å². The molecule has 1 nitrogen and oxygen atoms in total. The van der Waals surface area contributed by atoms with Gasteiger partial charge in [-0.15, -0.1) is 0 Å². The van der Waals surface area contributed by atoms with E-state index in [4.69, 9.17) is 4.42 Å². The Morgan fingerprint density at radius 1 is 0.700 bits per heavy atom. The SMILES string of the molecule is Brc1ccc2oc3ccccc3c2c1-c1ccccc1. The van der Waals surface area contributed by atoms with Gasteiger partial charge in [-0.05, 0) is 23.8 Å². The summed E-state index contributed by atoms with van der Waals surface area (Å²) < 4.78 is 7.03. The molecule has 0 aliphatic carbocycles. The molecule has 0 fully saturated rings. The van der Waals surface area contributed by atoms with E-state index in [0.717, 1.165) is 21.0 Å². The molecule has 20 heavy (non-hydrogen) atoms. The number of furan rings is 1. The van der Waals surface area contributed by atoms with Crippen molar-refractivity contribution >= 4 is 37.9 Å². The Morgan fingerprint density at radius 3 is 2.30 bits per heavy atom. The zero-order valence-electron chi connectivity index (χ0n) is 10.6. The third-order valence-electron chi connectivity index (χ3n) is 3.56. The molecule has 0 saturated carbocycles. The standard InChI is InChI=1S/C18H11BrO/c19-14-10-11-16-18(13-8-4-5-9-15(13)20-16)17(14)12-6-2-1-3-7-12/h1-11H. The van der Waals surface area contributed by atoms with Crippen LogP contribution in [0.15, 0.2) is 75.6 Å². The zero-order chi connectivity index (χ0) is 13.5. The van der Waals surface area contributed by atoms with Gasteiger partial charge in [0, 0.05) is 20.8 Å². The molecule has 0 spiro atoms. The molecule has 0 saturated heterocycles. The minimum atomic E-state index is 0.924. The molecule has 3 aromatic carbocycles. The molecule has 1 aromatic heterocycles. The monoisotopic (exact) mass is 322 g/mol. The average Bonchev–Trinajstić information content (AvgIpc) is 2.87. The third-order valence-corrected chi connectivity index (χ3v) is 4.22. The lowest BCUT2D eigenvalue weighted by Crippen LogP contribution is -1.81. The van der Waals surface area contributed by atoms with Gasteiger partial charge in [0.25, 0.3) is 0 Å². The molecule has 2 heteroatoms. The number of hydrogen-bond acceptors (Lipinski definition) is 1. The van der Waals surface area contributed by atoms with Crippen molar-refractivity contribution in [3.8, 4) is 11.1 Å². The fraction of sp³-hybridized carbons (Fsp3) is 0. The van der Waals surface area contributed by atoms with Crippen LogP contribution >= 0.6 is 15.9 Å². The highest BCUT2D eigenvalue weighted by Crippen LogP contribution is 2.40. The highest BCUT2D eigenvalue weighted by atomic mass is 79.9. The van der Waals surface area contributed by atoms with Crippen molar-refractivity contribution in [2.24, 2.45) is 0 Å². The lowest BCUT2D eigenvalue weighted by molar-refractivity contribution is 0.669. The summed E-state index contributed by atoms with van der Waals surface area (Å²) in [6.07, 6.45) is 0. The molecule has 0 atom stereocenters. The molecule has 96 valence electrons. The van der Waals surface area contributed by atoms with Crippen molar-refractivity contribution in [2.75, 3.05) is 0 Å². The number of benzene rings is 3. The highest BCUT2D eigenvalue weighted by Gasteiger charge is 2.14. The predicted molar refractivity (Wildman–Crippen MR) is 86.9 cm³/mol. The molecular formula is C18H11BrO. The first-order valence-corrected chi connectivity index (χ1v) is 7.29. The largest absolute Gasteiger partial charge is 0.456 e. The first kappa shape index (κ1) is 11.7. The van der Waals surface area contributed by atoms with Gasteiger partial charge in [-0.1, -0.05) is 64.5 Å². The number of hydrogen-bond donors (Lipinski definition) is 0. The Labute approximate surface area is 125 Å². The second-order valence-electron chi connectivity index (χ2n) is 4.76. The predicted octanol–water partition coefficient (Wildman–Crippen LogP) is 6.02. The van der Waals surface area contributed by atoms with Crippen LogP contribution in [0.25, 0.3) is 33.1 Å². The molecule has 1 heterocycles. The maximum Gasteiger partial charge on any atom is 0.136 e. The van der Waals surface area contributed by atoms with Crippen LogP contribution in [0.5, 0.6) is 0 Å². The van der Waals surface area contributed by atoms with Crippen molar-refractivity contribution in [1.29, 1.82) is 0 Å². The summed E-state index contributed by atoms with van der Waals surface area (Å²) in [6.45, 7) is 0. The Bertz CT molecular complexity index is 907. The van der Waals surface area contributed by atoms with E-state index < -0.39 is 0 Å². The van der Waals surface area contributed by atoms with E-state index >= 15 is 0 Å². The van der Waals surface area contributed by atoms with Gasteiger partial charge in [-0.2, -0.15) is 0 Å². The van der Waals surface area contributed by atoms with Crippen LogP contribution in [-0.4, -0.2) is 0 Å². The molecule has 0 aliphatic rings. The summed E-state index contributed by atoms with van der Waals surface area (Å²) >= 11 is 3.68. The summed E-state index contributed by atoms with van der Waals surface area (Å²) in [4.78, 5) is 0. The maximum atomic E-state index is 5.95. The second kappa shape index (κ2) is 4.50. The van der Waals surface area contributed by atoms with Crippen LogP contribution in [-0.2, 0) is 0 Å². The average molecular weight is 323 g/mol. The number of rotatable bonds is 1. The van der Waals surface area contributed by atoms with Crippen molar-refractivity contribution in [2.45, 2.75) is 0 Å². The molecule has 0 amide bonds. The van der Waals surface area contributed by atoms with E-state index in [2.05, 4.69) is 46.3 Å². The normalized spacial score (nSPS) is 11.2. The van der Waals surface area contributed by atoms with E-state index in [-0.39, 0.29) is 0 Å². The smallest absolute Gasteiger partial charge is 0.136 e. The molecule has 4 rings (SSSR count). The van der Waals surface area contributed by atoms with Gasteiger partial charge in [0.05, 0.1) is 0 Å². The molecule has 0 bridgehead atoms. The van der Waals surface area contributed by atoms with Crippen molar-refractivity contribution in [3.63, 3.8) is 0 Å². The number of halogens is 1. The van der Waals surface area contributed by atoms with Crippen molar-refractivity contribution in [1.82, 2.24) is 0 Å². The summed E-state index contributed by atoms with van der Waals surface area (Å²) in [5.74, 6) is 0. The van der Waals surface area contributed by atoms with Gasteiger partial charge in [0.2, 0.25) is 0 Å². The van der Waals surface area contributed by atoms with Gasteiger partial charge < -0.3 is 4.42 Å². The number of fused-ring (bicyclic) bond motifs is 3. The van der Waals surface area contributed by atoms with Gasteiger partial charge in [-0.3, -0.25) is 0 Å². The van der Waals surface area contributed by atoms with E-state index in [1.54, 1.807) is 0 Å². The lowest BCUT2D eigenvalue weighted by atomic mass is 9.99. The topological polar surface area (TPSA) is 13.1 Å². The van der Waals surface area contributed by atoms with Crippen LogP contribution in [0.4, 0.5) is 0 Å². The minimum Gasteiger partial charge on any atom is -0.456 e. The summed E-state index contributed by atoms with van der Waals surface area (Å²) in [6, 6.07) is 22.6. The summed E-state index contributed by atoms with van der Waals surface area (Å²) in [5.41, 5.74) is 4.23. The number of para-hydroxylation sites is 1. The second-order valence-corrected chi connectivity index (χ2v) is 5.61. The molecule has 0 radical (unpaired) electrons. The van der Waals surface area contributed by atoms with E-state index in [9.17, 15) is 0 Å². The molecule has 0 aliphatic heterocycles. The van der Waals surface area contributed by atoms with Crippen molar-refractivity contribution < 1.29 is 4.42 Å². The first-order valence-electron chi connectivity index (χ1n) is 6.50. The lowest BCUT2D eigenvalue weighted by Gasteiger charge is -2.06. The Hall–Kier alpha value is -2.06. The van der Waals surface area contributed by atoms with Crippen LogP contribution in [0, 0.1) is 0 Å². The maximum absolute atomic E-state index is 5.95. The molecular weight excluding hydrogens is 312 g/mol. The molecule has 4 aromatic rings. The van der Waals surface area contributed by atoms with Gasteiger partial charge in [0.1, 0.15) is 11.2 Å². The Morgan fingerprint density at radius 2 is 1.45 bits per heavy atom. The van der Waals surface area contributed by atoms with Crippen LogP contribution in [0.2, 0.25) is 0 Å².